The van der Waals surface area contributed by atoms with Gasteiger partial charge in [0.2, 0.25) is 10.0 Å². The number of aromatic amines is 1. The first-order valence-electron chi connectivity index (χ1n) is 11.1. The maximum absolute atomic E-state index is 12.9. The van der Waals surface area contributed by atoms with Gasteiger partial charge in [-0.15, -0.1) is 0 Å². The number of fused-ring (bicyclic) bond motifs is 1. The summed E-state index contributed by atoms with van der Waals surface area (Å²) in [5.41, 5.74) is 1.06. The summed E-state index contributed by atoms with van der Waals surface area (Å²) in [5.74, 6) is 1.13. The number of aromatic nitrogens is 1. The fourth-order valence-electron chi connectivity index (χ4n) is 4.99. The van der Waals surface area contributed by atoms with Crippen LogP contribution in [0.25, 0.3) is 17.0 Å². The minimum Gasteiger partial charge on any atom is -0.361 e. The largest absolute Gasteiger partial charge is 0.361 e. The summed E-state index contributed by atoms with van der Waals surface area (Å²) in [4.78, 5) is 20.7. The van der Waals surface area contributed by atoms with Gasteiger partial charge < -0.3 is 10.3 Å². The van der Waals surface area contributed by atoms with Gasteiger partial charge in [0.05, 0.1) is 0 Å². The van der Waals surface area contributed by atoms with Crippen LogP contribution in [0.3, 0.4) is 0 Å². The molecule has 5 rings (SSSR count). The Labute approximate surface area is 182 Å². The molecule has 31 heavy (non-hydrogen) atoms. The molecule has 1 aromatic heterocycles. The van der Waals surface area contributed by atoms with Crippen molar-refractivity contribution in [1.29, 1.82) is 0 Å². The SMILES string of the molecule is O=C1NC(C2CCCCC2)=NC12CCN(S(=O)(=O)C=Cc1ccc3[nH]ccc3c1)CC2. The minimum absolute atomic E-state index is 0.0551. The Morgan fingerprint density at radius 3 is 2.65 bits per heavy atom. The lowest BCUT2D eigenvalue weighted by Crippen LogP contribution is -2.50. The topological polar surface area (TPSA) is 94.6 Å². The summed E-state index contributed by atoms with van der Waals surface area (Å²) in [7, 11) is -3.55. The molecule has 2 aliphatic heterocycles. The van der Waals surface area contributed by atoms with Gasteiger partial charge in [-0.1, -0.05) is 25.3 Å². The average Bonchev–Trinajstić information content (AvgIpc) is 3.38. The number of amidine groups is 1. The first kappa shape index (κ1) is 20.5. The smallest absolute Gasteiger partial charge is 0.253 e. The number of hydrogen-bond donors (Lipinski definition) is 2. The number of nitrogens with one attached hydrogen (secondary N) is 2. The number of aliphatic imine (C=N–C) groups is 1. The molecule has 1 amide bonds. The van der Waals surface area contributed by atoms with Gasteiger partial charge in [0, 0.05) is 36.1 Å². The quantitative estimate of drug-likeness (QED) is 0.763. The predicted molar refractivity (Wildman–Crippen MR) is 122 cm³/mol. The lowest BCUT2D eigenvalue weighted by Gasteiger charge is -2.34. The van der Waals surface area contributed by atoms with Crippen molar-refractivity contribution in [2.24, 2.45) is 10.9 Å². The van der Waals surface area contributed by atoms with Crippen LogP contribution in [0.1, 0.15) is 50.5 Å². The van der Waals surface area contributed by atoms with Crippen LogP contribution in [0, 0.1) is 5.92 Å². The number of benzene rings is 1. The van der Waals surface area contributed by atoms with Crippen molar-refractivity contribution in [2.45, 2.75) is 50.5 Å². The van der Waals surface area contributed by atoms with Crippen LogP contribution in [-0.2, 0) is 14.8 Å². The molecule has 1 saturated heterocycles. The van der Waals surface area contributed by atoms with Crippen LogP contribution in [0.4, 0.5) is 0 Å². The molecule has 3 aliphatic rings. The van der Waals surface area contributed by atoms with Gasteiger partial charge in [-0.3, -0.25) is 9.79 Å². The maximum atomic E-state index is 12.9. The van der Waals surface area contributed by atoms with E-state index in [1.54, 1.807) is 6.08 Å². The van der Waals surface area contributed by atoms with Crippen LogP contribution in [0.5, 0.6) is 0 Å². The van der Waals surface area contributed by atoms with E-state index in [1.807, 2.05) is 30.5 Å². The second-order valence-electron chi connectivity index (χ2n) is 8.89. The number of carbonyl (C=O) groups is 1. The molecule has 164 valence electrons. The number of piperidine rings is 1. The van der Waals surface area contributed by atoms with Gasteiger partial charge >= 0.3 is 0 Å². The molecule has 8 heteroatoms. The number of sulfonamides is 1. The highest BCUT2D eigenvalue weighted by molar-refractivity contribution is 7.92. The third-order valence-corrected chi connectivity index (χ3v) is 8.47. The fraction of sp³-hybridized carbons (Fsp3) is 0.478. The van der Waals surface area contributed by atoms with E-state index >= 15 is 0 Å². The molecular weight excluding hydrogens is 412 g/mol. The standard InChI is InChI=1S/C23H28N4O3S/c28-22-23(26-21(25-22)18-4-2-1-3-5-18)10-13-27(14-11-23)31(29,30)15-9-17-6-7-20-19(16-17)8-12-24-20/h6-9,12,15-16,18,24H,1-5,10-11,13-14H2,(H,25,26,28). The van der Waals surface area contributed by atoms with Crippen LogP contribution in [0.2, 0.25) is 0 Å². The lowest BCUT2D eigenvalue weighted by molar-refractivity contribution is -0.124. The summed E-state index contributed by atoms with van der Waals surface area (Å²) in [6.07, 6.45) is 10.1. The number of hydrogen-bond acceptors (Lipinski definition) is 4. The normalized spacial score (nSPS) is 23.0. The molecule has 1 saturated carbocycles. The number of H-pyrrole nitrogens is 1. The molecule has 2 N–H and O–H groups in total. The maximum Gasteiger partial charge on any atom is 0.253 e. The molecule has 1 spiro atoms. The van der Waals surface area contributed by atoms with Crippen molar-refractivity contribution >= 4 is 38.7 Å². The third-order valence-electron chi connectivity index (χ3n) is 6.91. The van der Waals surface area contributed by atoms with E-state index in [4.69, 9.17) is 4.99 Å². The highest BCUT2D eigenvalue weighted by Gasteiger charge is 2.48. The average molecular weight is 441 g/mol. The van der Waals surface area contributed by atoms with Gasteiger partial charge in [-0.05, 0) is 60.9 Å². The summed E-state index contributed by atoms with van der Waals surface area (Å²) in [6, 6.07) is 7.74. The van der Waals surface area contributed by atoms with E-state index in [2.05, 4.69) is 10.3 Å². The summed E-state index contributed by atoms with van der Waals surface area (Å²) in [6.45, 7) is 0.608. The minimum atomic E-state index is -3.55. The van der Waals surface area contributed by atoms with Crippen molar-refractivity contribution < 1.29 is 13.2 Å². The number of rotatable bonds is 4. The first-order valence-corrected chi connectivity index (χ1v) is 12.6. The predicted octanol–water partition coefficient (Wildman–Crippen LogP) is 3.41. The van der Waals surface area contributed by atoms with Crippen LogP contribution in [-0.4, -0.2) is 48.1 Å². The monoisotopic (exact) mass is 440 g/mol. The van der Waals surface area contributed by atoms with E-state index in [1.165, 1.54) is 29.0 Å². The van der Waals surface area contributed by atoms with E-state index in [0.29, 0.717) is 31.8 Å². The van der Waals surface area contributed by atoms with Crippen LogP contribution >= 0.6 is 0 Å². The number of nitrogens with zero attached hydrogens (tertiary/aromatic N) is 2. The Hall–Kier alpha value is -2.45. The molecule has 2 fully saturated rings. The molecular formula is C23H28N4O3S. The third kappa shape index (κ3) is 3.94. The first-order chi connectivity index (χ1) is 15.0. The van der Waals surface area contributed by atoms with Crippen molar-refractivity contribution in [1.82, 2.24) is 14.6 Å². The van der Waals surface area contributed by atoms with Gasteiger partial charge in [-0.25, -0.2) is 8.42 Å². The summed E-state index contributed by atoms with van der Waals surface area (Å²) >= 11 is 0. The molecule has 1 aliphatic carbocycles. The molecule has 0 bridgehead atoms. The Morgan fingerprint density at radius 2 is 1.87 bits per heavy atom. The molecule has 0 unspecified atom stereocenters. The van der Waals surface area contributed by atoms with Crippen LogP contribution in [0.15, 0.2) is 40.9 Å². The second-order valence-corrected chi connectivity index (χ2v) is 10.7. The van der Waals surface area contributed by atoms with E-state index in [0.717, 1.165) is 35.1 Å². The highest BCUT2D eigenvalue weighted by atomic mass is 32.2. The van der Waals surface area contributed by atoms with E-state index in [-0.39, 0.29) is 5.91 Å². The number of amides is 1. The zero-order valence-corrected chi connectivity index (χ0v) is 18.3. The Balaban J connectivity index is 1.26. The van der Waals surface area contributed by atoms with Gasteiger partial charge in [0.1, 0.15) is 11.4 Å². The molecule has 7 nitrogen and oxygen atoms in total. The molecule has 0 radical (unpaired) electrons. The van der Waals surface area contributed by atoms with Crippen molar-refractivity contribution in [2.75, 3.05) is 13.1 Å². The van der Waals surface area contributed by atoms with E-state index in [9.17, 15) is 13.2 Å². The molecule has 3 heterocycles. The van der Waals surface area contributed by atoms with Gasteiger partial charge in [0.15, 0.2) is 0 Å². The van der Waals surface area contributed by atoms with Crippen molar-refractivity contribution in [3.05, 3.63) is 41.4 Å². The molecule has 1 aromatic carbocycles. The zero-order valence-electron chi connectivity index (χ0n) is 17.5. The van der Waals surface area contributed by atoms with Crippen molar-refractivity contribution in [3.63, 3.8) is 0 Å². The molecule has 0 atom stereocenters. The van der Waals surface area contributed by atoms with Crippen molar-refractivity contribution in [3.8, 4) is 0 Å². The van der Waals surface area contributed by atoms with E-state index < -0.39 is 15.6 Å². The van der Waals surface area contributed by atoms with Gasteiger partial charge in [0.25, 0.3) is 5.91 Å². The summed E-state index contributed by atoms with van der Waals surface area (Å²) in [5, 5.41) is 5.33. The molecule has 2 aromatic rings. The Morgan fingerprint density at radius 1 is 1.10 bits per heavy atom. The Kier molecular flexibility index (Phi) is 5.22. The fourth-order valence-corrected chi connectivity index (χ4v) is 6.18. The van der Waals surface area contributed by atoms with Gasteiger partial charge in [-0.2, -0.15) is 4.31 Å². The lowest BCUT2D eigenvalue weighted by atomic mass is 9.88. The highest BCUT2D eigenvalue weighted by Crippen LogP contribution is 2.35. The number of carbonyl (C=O) groups excluding carboxylic acids is 1. The summed E-state index contributed by atoms with van der Waals surface area (Å²) < 4.78 is 27.2. The van der Waals surface area contributed by atoms with Crippen LogP contribution < -0.4 is 5.32 Å². The Bertz CT molecular complexity index is 1150. The zero-order chi connectivity index (χ0) is 21.5. The second kappa shape index (κ2) is 7.91.